The van der Waals surface area contributed by atoms with Gasteiger partial charge in [-0.1, -0.05) is 29.8 Å². The number of methoxy groups -OCH3 is 1. The quantitative estimate of drug-likeness (QED) is 0.738. The molecule has 0 spiro atoms. The summed E-state index contributed by atoms with van der Waals surface area (Å²) in [5.41, 5.74) is 2.01. The van der Waals surface area contributed by atoms with Crippen molar-refractivity contribution < 1.29 is 19.1 Å². The SMILES string of the molecule is COC(=O)CCCN(C)C(=O)CC(NC(C)=O)c1ccc(C)cc1. The van der Waals surface area contributed by atoms with Gasteiger partial charge in [0.25, 0.3) is 0 Å². The number of carbonyl (C=O) groups is 3. The molecular weight excluding hydrogens is 308 g/mol. The van der Waals surface area contributed by atoms with Crippen molar-refractivity contribution in [2.45, 2.75) is 39.2 Å². The normalized spacial score (nSPS) is 11.5. The number of rotatable bonds is 8. The minimum atomic E-state index is -0.362. The average molecular weight is 334 g/mol. The van der Waals surface area contributed by atoms with Crippen molar-refractivity contribution in [2.24, 2.45) is 0 Å². The largest absolute Gasteiger partial charge is 0.469 e. The Balaban J connectivity index is 2.64. The van der Waals surface area contributed by atoms with Gasteiger partial charge >= 0.3 is 5.97 Å². The van der Waals surface area contributed by atoms with Crippen molar-refractivity contribution in [2.75, 3.05) is 20.7 Å². The summed E-state index contributed by atoms with van der Waals surface area (Å²) >= 11 is 0. The van der Waals surface area contributed by atoms with Crippen LogP contribution in [0.2, 0.25) is 0 Å². The Bertz CT molecular complexity index is 569. The highest BCUT2D eigenvalue weighted by Crippen LogP contribution is 2.18. The van der Waals surface area contributed by atoms with Crippen LogP contribution in [0.15, 0.2) is 24.3 Å². The molecule has 0 aliphatic rings. The van der Waals surface area contributed by atoms with Crippen molar-refractivity contribution in [1.29, 1.82) is 0 Å². The van der Waals surface area contributed by atoms with E-state index in [9.17, 15) is 14.4 Å². The third-order valence-electron chi connectivity index (χ3n) is 3.76. The number of aryl methyl sites for hydroxylation is 1. The van der Waals surface area contributed by atoms with E-state index in [2.05, 4.69) is 10.1 Å². The second-order valence-electron chi connectivity index (χ2n) is 5.86. The summed E-state index contributed by atoms with van der Waals surface area (Å²) in [4.78, 5) is 36.5. The molecule has 0 aliphatic heterocycles. The Labute approximate surface area is 143 Å². The van der Waals surface area contributed by atoms with E-state index in [4.69, 9.17) is 0 Å². The first-order valence-electron chi connectivity index (χ1n) is 7.98. The van der Waals surface area contributed by atoms with Gasteiger partial charge in [-0.25, -0.2) is 0 Å². The third-order valence-corrected chi connectivity index (χ3v) is 3.76. The van der Waals surface area contributed by atoms with Gasteiger partial charge in [0.15, 0.2) is 0 Å². The molecule has 0 aromatic heterocycles. The van der Waals surface area contributed by atoms with Crippen LogP contribution in [0.3, 0.4) is 0 Å². The highest BCUT2D eigenvalue weighted by atomic mass is 16.5. The highest BCUT2D eigenvalue weighted by Gasteiger charge is 2.19. The van der Waals surface area contributed by atoms with Crippen molar-refractivity contribution in [3.63, 3.8) is 0 Å². The summed E-state index contributed by atoms with van der Waals surface area (Å²) in [6, 6.07) is 7.38. The molecule has 0 bridgehead atoms. The third kappa shape index (κ3) is 6.81. The molecule has 1 unspecified atom stereocenters. The van der Waals surface area contributed by atoms with E-state index in [1.165, 1.54) is 14.0 Å². The molecule has 1 atom stereocenters. The van der Waals surface area contributed by atoms with Crippen LogP contribution < -0.4 is 5.32 Å². The molecule has 0 radical (unpaired) electrons. The maximum Gasteiger partial charge on any atom is 0.305 e. The van der Waals surface area contributed by atoms with Crippen LogP contribution in [-0.2, 0) is 19.1 Å². The van der Waals surface area contributed by atoms with E-state index in [-0.39, 0.29) is 36.7 Å². The van der Waals surface area contributed by atoms with Gasteiger partial charge in [0, 0.05) is 26.9 Å². The maximum absolute atomic E-state index is 12.4. The van der Waals surface area contributed by atoms with E-state index in [1.807, 2.05) is 31.2 Å². The van der Waals surface area contributed by atoms with E-state index < -0.39 is 0 Å². The molecule has 2 amide bonds. The minimum absolute atomic E-state index is 0.0841. The molecule has 0 saturated carbocycles. The second kappa shape index (κ2) is 9.70. The van der Waals surface area contributed by atoms with Gasteiger partial charge in [-0.3, -0.25) is 14.4 Å². The number of ether oxygens (including phenoxy) is 1. The lowest BCUT2D eigenvalue weighted by Gasteiger charge is -2.22. The fourth-order valence-electron chi connectivity index (χ4n) is 2.31. The van der Waals surface area contributed by atoms with Gasteiger partial charge in [-0.2, -0.15) is 0 Å². The van der Waals surface area contributed by atoms with Crippen LogP contribution in [0, 0.1) is 6.92 Å². The minimum Gasteiger partial charge on any atom is -0.469 e. The van der Waals surface area contributed by atoms with Crippen LogP contribution in [0.1, 0.15) is 43.4 Å². The number of hydrogen-bond acceptors (Lipinski definition) is 4. The zero-order valence-electron chi connectivity index (χ0n) is 14.8. The predicted molar refractivity (Wildman–Crippen MR) is 91.2 cm³/mol. The van der Waals surface area contributed by atoms with Crippen molar-refractivity contribution in [1.82, 2.24) is 10.2 Å². The van der Waals surface area contributed by atoms with Crippen molar-refractivity contribution in [3.8, 4) is 0 Å². The van der Waals surface area contributed by atoms with E-state index >= 15 is 0 Å². The molecule has 132 valence electrons. The fourth-order valence-corrected chi connectivity index (χ4v) is 2.31. The van der Waals surface area contributed by atoms with Gasteiger partial charge < -0.3 is 15.0 Å². The average Bonchev–Trinajstić information content (AvgIpc) is 2.54. The van der Waals surface area contributed by atoms with Crippen molar-refractivity contribution in [3.05, 3.63) is 35.4 Å². The van der Waals surface area contributed by atoms with Crippen LogP contribution in [0.25, 0.3) is 0 Å². The molecule has 24 heavy (non-hydrogen) atoms. The van der Waals surface area contributed by atoms with Crippen LogP contribution in [-0.4, -0.2) is 43.4 Å². The number of nitrogens with one attached hydrogen (secondary N) is 1. The molecule has 0 saturated heterocycles. The van der Waals surface area contributed by atoms with E-state index in [1.54, 1.807) is 11.9 Å². The van der Waals surface area contributed by atoms with Gasteiger partial charge in [0.05, 0.1) is 19.6 Å². The van der Waals surface area contributed by atoms with E-state index in [0.29, 0.717) is 13.0 Å². The summed E-state index contributed by atoms with van der Waals surface area (Å²) in [7, 11) is 3.04. The standard InChI is InChI=1S/C18H26N2O4/c1-13-7-9-15(10-8-13)16(19-14(2)21)12-17(22)20(3)11-5-6-18(23)24-4/h7-10,16H,5-6,11-12H2,1-4H3,(H,19,21). The topological polar surface area (TPSA) is 75.7 Å². The number of benzene rings is 1. The highest BCUT2D eigenvalue weighted by molar-refractivity contribution is 5.79. The van der Waals surface area contributed by atoms with Crippen LogP contribution in [0.5, 0.6) is 0 Å². The molecule has 6 nitrogen and oxygen atoms in total. The molecule has 0 aliphatic carbocycles. The maximum atomic E-state index is 12.4. The number of carbonyl (C=O) groups excluding carboxylic acids is 3. The Morgan fingerprint density at radius 3 is 2.38 bits per heavy atom. The number of esters is 1. The zero-order chi connectivity index (χ0) is 18.1. The lowest BCUT2D eigenvalue weighted by Crippen LogP contribution is -2.34. The molecule has 1 aromatic rings. The summed E-state index contributed by atoms with van der Waals surface area (Å²) in [6.45, 7) is 3.89. The monoisotopic (exact) mass is 334 g/mol. The molecule has 6 heteroatoms. The van der Waals surface area contributed by atoms with Crippen LogP contribution in [0.4, 0.5) is 0 Å². The smallest absolute Gasteiger partial charge is 0.305 e. The van der Waals surface area contributed by atoms with Gasteiger partial charge in [-0.15, -0.1) is 0 Å². The second-order valence-corrected chi connectivity index (χ2v) is 5.86. The zero-order valence-corrected chi connectivity index (χ0v) is 14.8. The van der Waals surface area contributed by atoms with Crippen LogP contribution >= 0.6 is 0 Å². The molecule has 0 fully saturated rings. The lowest BCUT2D eigenvalue weighted by molar-refractivity contribution is -0.141. The summed E-state index contributed by atoms with van der Waals surface area (Å²) in [5.74, 6) is -0.549. The first kappa shape index (κ1) is 19.7. The van der Waals surface area contributed by atoms with Crippen molar-refractivity contribution >= 4 is 17.8 Å². The predicted octanol–water partition coefficient (Wildman–Crippen LogP) is 1.97. The Hall–Kier alpha value is -2.37. The molecular formula is C18H26N2O4. The first-order valence-corrected chi connectivity index (χ1v) is 7.98. The van der Waals surface area contributed by atoms with Gasteiger partial charge in [0.2, 0.25) is 11.8 Å². The van der Waals surface area contributed by atoms with Gasteiger partial charge in [0.1, 0.15) is 0 Å². The number of amides is 2. The van der Waals surface area contributed by atoms with Gasteiger partial charge in [-0.05, 0) is 18.9 Å². The Kier molecular flexibility index (Phi) is 7.95. The molecule has 1 N–H and O–H groups in total. The molecule has 1 rings (SSSR count). The number of hydrogen-bond donors (Lipinski definition) is 1. The number of nitrogens with zero attached hydrogens (tertiary/aromatic N) is 1. The summed E-state index contributed by atoms with van der Waals surface area (Å²) in [6.07, 6.45) is 1.00. The fraction of sp³-hybridized carbons (Fsp3) is 0.500. The molecule has 1 aromatic carbocycles. The first-order chi connectivity index (χ1) is 11.3. The lowest BCUT2D eigenvalue weighted by atomic mass is 10.0. The summed E-state index contributed by atoms with van der Waals surface area (Å²) < 4.78 is 4.58. The van der Waals surface area contributed by atoms with E-state index in [0.717, 1.165) is 11.1 Å². The Morgan fingerprint density at radius 1 is 1.21 bits per heavy atom. The Morgan fingerprint density at radius 2 is 1.83 bits per heavy atom. The summed E-state index contributed by atoms with van der Waals surface area (Å²) in [5, 5.41) is 2.82. The molecule has 0 heterocycles.